The molecule has 1 aromatic rings. The van der Waals surface area contributed by atoms with Crippen LogP contribution in [0.5, 0.6) is 5.75 Å². The Morgan fingerprint density at radius 2 is 2.11 bits per heavy atom. The maximum absolute atomic E-state index is 5.97. The molecular formula is C14H22IN3O. The molecule has 1 aliphatic rings. The molecule has 2 N–H and O–H groups in total. The second kappa shape index (κ2) is 7.57. The average molecular weight is 375 g/mol. The molecule has 0 heterocycles. The summed E-state index contributed by atoms with van der Waals surface area (Å²) in [6, 6.07) is 8.55. The molecule has 1 saturated carbocycles. The first-order valence-electron chi connectivity index (χ1n) is 6.45. The normalized spacial score (nSPS) is 14.7. The monoisotopic (exact) mass is 375 g/mol. The van der Waals surface area contributed by atoms with Crippen LogP contribution < -0.4 is 10.5 Å². The molecule has 0 saturated heterocycles. The summed E-state index contributed by atoms with van der Waals surface area (Å²) in [5.41, 5.74) is 7.04. The van der Waals surface area contributed by atoms with Crippen LogP contribution in [0.15, 0.2) is 29.3 Å². The van der Waals surface area contributed by atoms with Crippen LogP contribution in [0.1, 0.15) is 25.3 Å². The highest BCUT2D eigenvalue weighted by atomic mass is 127. The minimum Gasteiger partial charge on any atom is -0.494 e. The van der Waals surface area contributed by atoms with Crippen LogP contribution in [0.2, 0.25) is 0 Å². The van der Waals surface area contributed by atoms with Gasteiger partial charge >= 0.3 is 0 Å². The summed E-state index contributed by atoms with van der Waals surface area (Å²) in [5.74, 6) is 1.51. The van der Waals surface area contributed by atoms with Crippen LogP contribution in [0, 0.1) is 0 Å². The Hall–Kier alpha value is -0.980. The zero-order valence-electron chi connectivity index (χ0n) is 11.5. The van der Waals surface area contributed by atoms with Crippen LogP contribution in [-0.2, 0) is 6.54 Å². The third-order valence-corrected chi connectivity index (χ3v) is 3.14. The van der Waals surface area contributed by atoms with Gasteiger partial charge in [0.1, 0.15) is 5.75 Å². The van der Waals surface area contributed by atoms with E-state index in [0.717, 1.165) is 11.3 Å². The predicted octanol–water partition coefficient (Wildman–Crippen LogP) is 2.61. The van der Waals surface area contributed by atoms with Crippen LogP contribution in [-0.4, -0.2) is 30.6 Å². The fourth-order valence-electron chi connectivity index (χ4n) is 1.86. The van der Waals surface area contributed by atoms with E-state index in [0.29, 0.717) is 25.2 Å². The standard InChI is InChI=1S/C14H21N3O.HI/c1-3-18-13-7-5-4-6-11(13)10-16-14(15)17(2)12-8-9-12;/h4-7,12H,3,8-10H2,1-2H3,(H2,15,16);1H. The first-order chi connectivity index (χ1) is 8.72. The molecule has 19 heavy (non-hydrogen) atoms. The highest BCUT2D eigenvalue weighted by molar-refractivity contribution is 14.0. The van der Waals surface area contributed by atoms with Crippen molar-refractivity contribution < 1.29 is 4.74 Å². The Bertz CT molecular complexity index is 432. The summed E-state index contributed by atoms with van der Waals surface area (Å²) in [4.78, 5) is 6.50. The Kier molecular flexibility index (Phi) is 6.41. The van der Waals surface area contributed by atoms with E-state index in [1.807, 2.05) is 38.2 Å². The summed E-state index contributed by atoms with van der Waals surface area (Å²) >= 11 is 0. The molecular weight excluding hydrogens is 353 g/mol. The van der Waals surface area contributed by atoms with Crippen molar-refractivity contribution in [1.29, 1.82) is 0 Å². The largest absolute Gasteiger partial charge is 0.494 e. The quantitative estimate of drug-likeness (QED) is 0.489. The second-order valence-corrected chi connectivity index (χ2v) is 4.56. The molecule has 5 heteroatoms. The molecule has 1 fully saturated rings. The van der Waals surface area contributed by atoms with Crippen molar-refractivity contribution in [2.24, 2.45) is 10.7 Å². The van der Waals surface area contributed by atoms with Gasteiger partial charge in [0.15, 0.2) is 5.96 Å². The van der Waals surface area contributed by atoms with E-state index in [1.165, 1.54) is 12.8 Å². The van der Waals surface area contributed by atoms with Gasteiger partial charge in [0.25, 0.3) is 0 Å². The molecule has 0 unspecified atom stereocenters. The first kappa shape index (κ1) is 16.1. The molecule has 1 aromatic carbocycles. The number of ether oxygens (including phenoxy) is 1. The summed E-state index contributed by atoms with van der Waals surface area (Å²) < 4.78 is 5.57. The molecule has 0 atom stereocenters. The molecule has 0 spiro atoms. The third kappa shape index (κ3) is 4.56. The summed E-state index contributed by atoms with van der Waals surface area (Å²) in [6.45, 7) is 3.21. The number of hydrogen-bond donors (Lipinski definition) is 1. The fraction of sp³-hybridized carbons (Fsp3) is 0.500. The third-order valence-electron chi connectivity index (χ3n) is 3.14. The summed E-state index contributed by atoms with van der Waals surface area (Å²) in [5, 5.41) is 0. The lowest BCUT2D eigenvalue weighted by Gasteiger charge is -2.17. The number of hydrogen-bond acceptors (Lipinski definition) is 2. The molecule has 0 bridgehead atoms. The number of halogens is 1. The Morgan fingerprint density at radius 1 is 1.42 bits per heavy atom. The SMILES string of the molecule is CCOc1ccccc1CN=C(N)N(C)C1CC1.I. The van der Waals surface area contributed by atoms with Crippen LogP contribution in [0.3, 0.4) is 0 Å². The van der Waals surface area contributed by atoms with Crippen LogP contribution in [0.4, 0.5) is 0 Å². The summed E-state index contributed by atoms with van der Waals surface area (Å²) in [7, 11) is 2.00. The first-order valence-corrected chi connectivity index (χ1v) is 6.45. The van der Waals surface area contributed by atoms with Crippen molar-refractivity contribution in [3.05, 3.63) is 29.8 Å². The second-order valence-electron chi connectivity index (χ2n) is 4.56. The van der Waals surface area contributed by atoms with Gasteiger partial charge in [-0.2, -0.15) is 0 Å². The van der Waals surface area contributed by atoms with E-state index < -0.39 is 0 Å². The number of para-hydroxylation sites is 1. The van der Waals surface area contributed by atoms with Gasteiger partial charge < -0.3 is 15.4 Å². The van der Waals surface area contributed by atoms with Gasteiger partial charge in [0.2, 0.25) is 0 Å². The topological polar surface area (TPSA) is 50.9 Å². The van der Waals surface area contributed by atoms with Gasteiger partial charge in [-0.15, -0.1) is 24.0 Å². The van der Waals surface area contributed by atoms with Gasteiger partial charge in [-0.05, 0) is 25.8 Å². The van der Waals surface area contributed by atoms with Crippen molar-refractivity contribution in [1.82, 2.24) is 4.90 Å². The Balaban J connectivity index is 0.00000180. The van der Waals surface area contributed by atoms with Crippen molar-refractivity contribution in [2.45, 2.75) is 32.4 Å². The maximum Gasteiger partial charge on any atom is 0.191 e. The molecule has 0 aliphatic heterocycles. The molecule has 0 aromatic heterocycles. The van der Waals surface area contributed by atoms with Gasteiger partial charge in [-0.25, -0.2) is 4.99 Å². The Morgan fingerprint density at radius 3 is 2.74 bits per heavy atom. The maximum atomic E-state index is 5.97. The number of nitrogens with zero attached hydrogens (tertiary/aromatic N) is 2. The molecule has 0 radical (unpaired) electrons. The molecule has 1 aliphatic carbocycles. The van der Waals surface area contributed by atoms with E-state index >= 15 is 0 Å². The van der Waals surface area contributed by atoms with Crippen molar-refractivity contribution in [2.75, 3.05) is 13.7 Å². The zero-order chi connectivity index (χ0) is 13.0. The number of nitrogens with two attached hydrogens (primary N) is 1. The Labute approximate surface area is 132 Å². The fourth-order valence-corrected chi connectivity index (χ4v) is 1.86. The zero-order valence-corrected chi connectivity index (χ0v) is 13.8. The number of guanidine groups is 1. The predicted molar refractivity (Wildman–Crippen MR) is 89.1 cm³/mol. The summed E-state index contributed by atoms with van der Waals surface area (Å²) in [6.07, 6.45) is 2.45. The van der Waals surface area contributed by atoms with Gasteiger partial charge in [0.05, 0.1) is 13.2 Å². The molecule has 4 nitrogen and oxygen atoms in total. The molecule has 2 rings (SSSR count). The molecule has 106 valence electrons. The average Bonchev–Trinajstić information content (AvgIpc) is 3.21. The lowest BCUT2D eigenvalue weighted by Crippen LogP contribution is -2.35. The number of benzene rings is 1. The highest BCUT2D eigenvalue weighted by Gasteiger charge is 2.27. The minimum absolute atomic E-state index is 0. The van der Waals surface area contributed by atoms with Crippen LogP contribution in [0.25, 0.3) is 0 Å². The van der Waals surface area contributed by atoms with E-state index in [2.05, 4.69) is 9.89 Å². The van der Waals surface area contributed by atoms with Gasteiger partial charge in [-0.1, -0.05) is 18.2 Å². The lowest BCUT2D eigenvalue weighted by atomic mass is 10.2. The highest BCUT2D eigenvalue weighted by Crippen LogP contribution is 2.25. The number of aliphatic imine (C=N–C) groups is 1. The van der Waals surface area contributed by atoms with Gasteiger partial charge in [-0.3, -0.25) is 0 Å². The van der Waals surface area contributed by atoms with E-state index in [1.54, 1.807) is 0 Å². The van der Waals surface area contributed by atoms with Crippen molar-refractivity contribution in [3.63, 3.8) is 0 Å². The van der Waals surface area contributed by atoms with E-state index in [-0.39, 0.29) is 24.0 Å². The van der Waals surface area contributed by atoms with Gasteiger partial charge in [0, 0.05) is 18.7 Å². The molecule has 0 amide bonds. The number of rotatable bonds is 5. The van der Waals surface area contributed by atoms with Crippen molar-refractivity contribution >= 4 is 29.9 Å². The van der Waals surface area contributed by atoms with E-state index in [4.69, 9.17) is 10.5 Å². The van der Waals surface area contributed by atoms with Crippen LogP contribution >= 0.6 is 24.0 Å². The van der Waals surface area contributed by atoms with Crippen molar-refractivity contribution in [3.8, 4) is 5.75 Å². The smallest absolute Gasteiger partial charge is 0.191 e. The van der Waals surface area contributed by atoms with E-state index in [9.17, 15) is 0 Å². The minimum atomic E-state index is 0. The lowest BCUT2D eigenvalue weighted by molar-refractivity contribution is 0.336.